The zero-order valence-electron chi connectivity index (χ0n) is 10.6. The van der Waals surface area contributed by atoms with Crippen molar-refractivity contribution >= 4 is 30.7 Å². The number of carbonyl (C=O) groups is 1. The largest absolute Gasteiger partial charge is 0.349 e. The molecule has 2 rings (SSSR count). The number of nitrogens with zero attached hydrogens (tertiary/aromatic N) is 1. The van der Waals surface area contributed by atoms with E-state index in [2.05, 4.69) is 15.6 Å². The molecule has 1 aliphatic rings. The molecule has 7 heteroatoms. The predicted molar refractivity (Wildman–Crippen MR) is 76.6 cm³/mol. The number of nitrogens with one attached hydrogen (secondary N) is 2. The lowest BCUT2D eigenvalue weighted by molar-refractivity contribution is -0.123. The summed E-state index contributed by atoms with van der Waals surface area (Å²) >= 11 is 0. The number of carbonyl (C=O) groups excluding carboxylic acids is 1. The molecule has 2 heterocycles. The summed E-state index contributed by atoms with van der Waals surface area (Å²) in [5.41, 5.74) is 1.88. The van der Waals surface area contributed by atoms with Crippen LogP contribution in [0.4, 0.5) is 4.39 Å². The number of pyridine rings is 1. The number of aryl methyl sites for hydroxylation is 1. The van der Waals surface area contributed by atoms with E-state index < -0.39 is 12.2 Å². The Hall–Kier alpha value is -0.910. The second-order valence-electron chi connectivity index (χ2n) is 4.28. The molecule has 0 aromatic carbocycles. The van der Waals surface area contributed by atoms with Gasteiger partial charge in [-0.05, 0) is 18.6 Å². The third kappa shape index (κ3) is 4.93. The average Bonchev–Trinajstić information content (AvgIpc) is 2.74. The summed E-state index contributed by atoms with van der Waals surface area (Å²) in [6, 6.07) is 3.39. The van der Waals surface area contributed by atoms with Crippen LogP contribution in [0.25, 0.3) is 0 Å². The van der Waals surface area contributed by atoms with E-state index in [1.54, 1.807) is 6.20 Å². The van der Waals surface area contributed by atoms with Gasteiger partial charge in [0.2, 0.25) is 5.91 Å². The Morgan fingerprint density at radius 3 is 2.89 bits per heavy atom. The Morgan fingerprint density at radius 1 is 1.58 bits per heavy atom. The van der Waals surface area contributed by atoms with Crippen molar-refractivity contribution in [2.45, 2.75) is 32.1 Å². The smallest absolute Gasteiger partial charge is 0.237 e. The van der Waals surface area contributed by atoms with Gasteiger partial charge in [-0.15, -0.1) is 24.8 Å². The number of hydrogen-bond donors (Lipinski definition) is 2. The highest BCUT2D eigenvalue weighted by atomic mass is 35.5. The first-order chi connectivity index (χ1) is 8.16. The fourth-order valence-corrected chi connectivity index (χ4v) is 1.89. The maximum Gasteiger partial charge on any atom is 0.237 e. The first kappa shape index (κ1) is 18.1. The van der Waals surface area contributed by atoms with E-state index in [4.69, 9.17) is 0 Å². The second-order valence-corrected chi connectivity index (χ2v) is 4.28. The van der Waals surface area contributed by atoms with E-state index in [1.807, 2.05) is 19.1 Å². The highest BCUT2D eigenvalue weighted by Gasteiger charge is 2.28. The summed E-state index contributed by atoms with van der Waals surface area (Å²) in [5.74, 6) is -0.157. The van der Waals surface area contributed by atoms with Crippen molar-refractivity contribution in [1.82, 2.24) is 15.6 Å². The van der Waals surface area contributed by atoms with E-state index in [0.717, 1.165) is 11.3 Å². The first-order valence-electron chi connectivity index (χ1n) is 5.72. The van der Waals surface area contributed by atoms with Crippen molar-refractivity contribution in [3.63, 3.8) is 0 Å². The van der Waals surface area contributed by atoms with Gasteiger partial charge in [-0.3, -0.25) is 9.78 Å². The SMILES string of the molecule is Cc1cccnc1CNC(=O)[C@H]1C[C@H](F)CN1.Cl.Cl. The molecule has 19 heavy (non-hydrogen) atoms. The predicted octanol–water partition coefficient (Wildman–Crippen LogP) is 1.55. The number of alkyl halides is 1. The summed E-state index contributed by atoms with van der Waals surface area (Å²) in [6.07, 6.45) is 1.04. The van der Waals surface area contributed by atoms with Gasteiger partial charge in [0.1, 0.15) is 6.17 Å². The number of aromatic nitrogens is 1. The highest BCUT2D eigenvalue weighted by molar-refractivity contribution is 5.85. The zero-order chi connectivity index (χ0) is 12.3. The third-order valence-electron chi connectivity index (χ3n) is 2.94. The molecule has 2 N–H and O–H groups in total. The van der Waals surface area contributed by atoms with Crippen molar-refractivity contribution in [1.29, 1.82) is 0 Å². The normalized spacial score (nSPS) is 21.2. The van der Waals surface area contributed by atoms with Gasteiger partial charge in [-0.25, -0.2) is 4.39 Å². The Kier molecular flexibility index (Phi) is 7.90. The van der Waals surface area contributed by atoms with Crippen LogP contribution in [0.3, 0.4) is 0 Å². The molecule has 0 spiro atoms. The highest BCUT2D eigenvalue weighted by Crippen LogP contribution is 2.10. The molecule has 1 aromatic rings. The molecule has 1 amide bonds. The molecule has 1 fully saturated rings. The summed E-state index contributed by atoms with van der Waals surface area (Å²) in [6.45, 7) is 2.60. The number of hydrogen-bond acceptors (Lipinski definition) is 3. The lowest BCUT2D eigenvalue weighted by atomic mass is 10.2. The van der Waals surface area contributed by atoms with Crippen molar-refractivity contribution in [3.8, 4) is 0 Å². The van der Waals surface area contributed by atoms with Crippen LogP contribution < -0.4 is 10.6 Å². The minimum atomic E-state index is -0.915. The van der Waals surface area contributed by atoms with E-state index in [0.29, 0.717) is 6.54 Å². The maximum atomic E-state index is 12.9. The third-order valence-corrected chi connectivity index (χ3v) is 2.94. The molecule has 0 unspecified atom stereocenters. The van der Waals surface area contributed by atoms with Crippen LogP contribution in [-0.4, -0.2) is 29.6 Å². The summed E-state index contributed by atoms with van der Waals surface area (Å²) in [7, 11) is 0. The standard InChI is InChI=1S/C12H16FN3O.2ClH/c1-8-3-2-4-14-11(8)7-16-12(17)10-5-9(13)6-15-10;;/h2-4,9-10,15H,5-7H2,1H3,(H,16,17);2*1H/t9-,10+;;/m0../s1. The van der Waals surface area contributed by atoms with Gasteiger partial charge in [-0.1, -0.05) is 6.07 Å². The fourth-order valence-electron chi connectivity index (χ4n) is 1.89. The van der Waals surface area contributed by atoms with Crippen molar-refractivity contribution in [2.24, 2.45) is 0 Å². The van der Waals surface area contributed by atoms with Gasteiger partial charge in [0.25, 0.3) is 0 Å². The van der Waals surface area contributed by atoms with E-state index in [-0.39, 0.29) is 43.7 Å². The van der Waals surface area contributed by atoms with Crippen LogP contribution in [0.2, 0.25) is 0 Å². The first-order valence-corrected chi connectivity index (χ1v) is 5.72. The van der Waals surface area contributed by atoms with Crippen LogP contribution in [0.15, 0.2) is 18.3 Å². The maximum absolute atomic E-state index is 12.9. The Bertz CT molecular complexity index is 420. The van der Waals surface area contributed by atoms with Crippen LogP contribution in [0.1, 0.15) is 17.7 Å². The minimum Gasteiger partial charge on any atom is -0.349 e. The topological polar surface area (TPSA) is 54.0 Å². The van der Waals surface area contributed by atoms with E-state index in [1.165, 1.54) is 0 Å². The second kappa shape index (κ2) is 8.30. The minimum absolute atomic E-state index is 0. The Labute approximate surface area is 124 Å². The van der Waals surface area contributed by atoms with Gasteiger partial charge in [0, 0.05) is 19.2 Å². The Morgan fingerprint density at radius 2 is 2.32 bits per heavy atom. The van der Waals surface area contributed by atoms with Gasteiger partial charge >= 0.3 is 0 Å². The average molecular weight is 310 g/mol. The molecule has 0 aliphatic carbocycles. The molecule has 0 bridgehead atoms. The quantitative estimate of drug-likeness (QED) is 0.891. The molecule has 0 saturated carbocycles. The van der Waals surface area contributed by atoms with Gasteiger partial charge in [0.05, 0.1) is 18.3 Å². The van der Waals surface area contributed by atoms with E-state index in [9.17, 15) is 9.18 Å². The molecular formula is C12H18Cl2FN3O. The lowest BCUT2D eigenvalue weighted by Crippen LogP contribution is -2.40. The number of amides is 1. The zero-order valence-corrected chi connectivity index (χ0v) is 12.2. The van der Waals surface area contributed by atoms with Crippen LogP contribution in [-0.2, 0) is 11.3 Å². The molecule has 1 aromatic heterocycles. The lowest BCUT2D eigenvalue weighted by Gasteiger charge is -2.11. The van der Waals surface area contributed by atoms with Crippen molar-refractivity contribution in [2.75, 3.05) is 6.54 Å². The number of rotatable bonds is 3. The van der Waals surface area contributed by atoms with Crippen LogP contribution in [0.5, 0.6) is 0 Å². The molecule has 108 valence electrons. The molecule has 4 nitrogen and oxygen atoms in total. The molecule has 0 radical (unpaired) electrons. The molecule has 1 saturated heterocycles. The molecule has 2 atom stereocenters. The van der Waals surface area contributed by atoms with Crippen LogP contribution >= 0.6 is 24.8 Å². The Balaban J connectivity index is 0.00000162. The summed E-state index contributed by atoms with van der Waals surface area (Å²) < 4.78 is 12.9. The monoisotopic (exact) mass is 309 g/mol. The molecular weight excluding hydrogens is 292 g/mol. The van der Waals surface area contributed by atoms with Gasteiger partial charge < -0.3 is 10.6 Å². The van der Waals surface area contributed by atoms with Gasteiger partial charge in [-0.2, -0.15) is 0 Å². The van der Waals surface area contributed by atoms with E-state index >= 15 is 0 Å². The van der Waals surface area contributed by atoms with Crippen LogP contribution in [0, 0.1) is 6.92 Å². The van der Waals surface area contributed by atoms with Gasteiger partial charge in [0.15, 0.2) is 0 Å². The fraction of sp³-hybridized carbons (Fsp3) is 0.500. The summed E-state index contributed by atoms with van der Waals surface area (Å²) in [4.78, 5) is 15.9. The number of halogens is 3. The molecule has 1 aliphatic heterocycles. The van der Waals surface area contributed by atoms with Crippen molar-refractivity contribution in [3.05, 3.63) is 29.6 Å². The summed E-state index contributed by atoms with van der Waals surface area (Å²) in [5, 5.41) is 5.62. The van der Waals surface area contributed by atoms with Crippen molar-refractivity contribution < 1.29 is 9.18 Å².